The monoisotopic (exact) mass is 347 g/mol. The van der Waals surface area contributed by atoms with Crippen molar-refractivity contribution in [3.05, 3.63) is 51.9 Å². The smallest absolute Gasteiger partial charge is 0.337 e. The van der Waals surface area contributed by atoms with Crippen molar-refractivity contribution in [2.45, 2.75) is 18.6 Å². The minimum atomic E-state index is -0.449. The maximum atomic E-state index is 12.2. The number of benzene rings is 1. The zero-order valence-electron chi connectivity index (χ0n) is 13.5. The summed E-state index contributed by atoms with van der Waals surface area (Å²) >= 11 is 1.30. The van der Waals surface area contributed by atoms with Crippen molar-refractivity contribution in [3.8, 4) is 0 Å². The Kier molecular flexibility index (Phi) is 5.75. The average Bonchev–Trinajstić information content (AvgIpc) is 2.57. The highest BCUT2D eigenvalue weighted by Crippen LogP contribution is 2.12. The predicted octanol–water partition coefficient (Wildman–Crippen LogP) is 1.70. The van der Waals surface area contributed by atoms with Gasteiger partial charge in [-0.3, -0.25) is 14.2 Å². The van der Waals surface area contributed by atoms with E-state index in [1.807, 2.05) is 0 Å². The van der Waals surface area contributed by atoms with E-state index in [9.17, 15) is 14.4 Å². The van der Waals surface area contributed by atoms with Gasteiger partial charge in [0.2, 0.25) is 5.91 Å². The van der Waals surface area contributed by atoms with Gasteiger partial charge < -0.3 is 10.1 Å². The molecule has 0 bridgehead atoms. The molecule has 0 spiro atoms. The number of rotatable bonds is 5. The Hall–Kier alpha value is -2.61. The Morgan fingerprint density at radius 3 is 2.54 bits per heavy atom. The van der Waals surface area contributed by atoms with Crippen molar-refractivity contribution in [1.82, 2.24) is 9.55 Å². The molecular weight excluding hydrogens is 330 g/mol. The van der Waals surface area contributed by atoms with E-state index in [1.54, 1.807) is 37.4 Å². The van der Waals surface area contributed by atoms with Crippen molar-refractivity contribution in [3.63, 3.8) is 0 Å². The van der Waals surface area contributed by atoms with Crippen LogP contribution < -0.4 is 10.9 Å². The Morgan fingerprint density at radius 2 is 1.96 bits per heavy atom. The van der Waals surface area contributed by atoms with Gasteiger partial charge in [0.15, 0.2) is 5.16 Å². The van der Waals surface area contributed by atoms with Crippen LogP contribution >= 0.6 is 11.8 Å². The lowest BCUT2D eigenvalue weighted by molar-refractivity contribution is -0.116. The molecule has 0 aliphatic rings. The largest absolute Gasteiger partial charge is 0.465 e. The third-order valence-electron chi connectivity index (χ3n) is 3.18. The number of anilines is 1. The zero-order chi connectivity index (χ0) is 17.7. The topological polar surface area (TPSA) is 90.3 Å². The molecule has 1 aromatic heterocycles. The molecule has 1 amide bonds. The van der Waals surface area contributed by atoms with E-state index in [2.05, 4.69) is 15.0 Å². The van der Waals surface area contributed by atoms with Crippen LogP contribution in [0.15, 0.2) is 40.3 Å². The van der Waals surface area contributed by atoms with Gasteiger partial charge in [-0.1, -0.05) is 11.8 Å². The molecule has 0 unspecified atom stereocenters. The number of nitrogens with one attached hydrogen (secondary N) is 1. The third-order valence-corrected chi connectivity index (χ3v) is 3.85. The fraction of sp³-hybridized carbons (Fsp3) is 0.250. The van der Waals surface area contributed by atoms with Crippen LogP contribution in [0.1, 0.15) is 16.1 Å². The van der Waals surface area contributed by atoms with E-state index in [4.69, 9.17) is 0 Å². The number of hydrogen-bond acceptors (Lipinski definition) is 6. The summed E-state index contributed by atoms with van der Waals surface area (Å²) in [7, 11) is 1.30. The van der Waals surface area contributed by atoms with Crippen LogP contribution in [0.5, 0.6) is 0 Å². The first-order valence-corrected chi connectivity index (χ1v) is 8.27. The van der Waals surface area contributed by atoms with Gasteiger partial charge in [-0.2, -0.15) is 0 Å². The summed E-state index contributed by atoms with van der Waals surface area (Å²) in [6, 6.07) is 7.67. The van der Waals surface area contributed by atoms with Crippen LogP contribution in [0, 0.1) is 6.92 Å². The molecule has 0 aliphatic carbocycles. The lowest BCUT2D eigenvalue weighted by atomic mass is 10.2. The van der Waals surface area contributed by atoms with Gasteiger partial charge in [0, 0.05) is 17.4 Å². The SMILES string of the molecule is COC(=O)c1ccc(NC(=O)Cn2c(SC)nc(C)cc2=O)cc1. The van der Waals surface area contributed by atoms with Gasteiger partial charge in [0.25, 0.3) is 5.56 Å². The maximum Gasteiger partial charge on any atom is 0.337 e. The minimum absolute atomic E-state index is 0.138. The predicted molar refractivity (Wildman–Crippen MR) is 91.4 cm³/mol. The van der Waals surface area contributed by atoms with E-state index >= 15 is 0 Å². The van der Waals surface area contributed by atoms with Crippen LogP contribution in [0.2, 0.25) is 0 Å². The van der Waals surface area contributed by atoms with Crippen LogP contribution in [0.3, 0.4) is 0 Å². The van der Waals surface area contributed by atoms with Gasteiger partial charge >= 0.3 is 5.97 Å². The first-order chi connectivity index (χ1) is 11.4. The second-order valence-corrected chi connectivity index (χ2v) is 5.70. The van der Waals surface area contributed by atoms with Crippen molar-refractivity contribution in [2.24, 2.45) is 0 Å². The molecule has 7 nitrogen and oxygen atoms in total. The van der Waals surface area contributed by atoms with E-state index in [-0.39, 0.29) is 18.0 Å². The molecule has 0 atom stereocenters. The Bertz CT molecular complexity index is 815. The highest BCUT2D eigenvalue weighted by atomic mass is 32.2. The molecule has 2 aromatic rings. The normalized spacial score (nSPS) is 10.3. The lowest BCUT2D eigenvalue weighted by Gasteiger charge is -2.11. The summed E-state index contributed by atoms with van der Waals surface area (Å²) in [5.74, 6) is -0.807. The van der Waals surface area contributed by atoms with E-state index in [0.29, 0.717) is 22.1 Å². The number of thioether (sulfide) groups is 1. The first-order valence-electron chi connectivity index (χ1n) is 7.05. The number of esters is 1. The van der Waals surface area contributed by atoms with Crippen LogP contribution in [0.4, 0.5) is 5.69 Å². The molecule has 8 heteroatoms. The number of amides is 1. The molecular formula is C16H17N3O4S. The zero-order valence-corrected chi connectivity index (χ0v) is 14.3. The summed E-state index contributed by atoms with van der Waals surface area (Å²) in [6.45, 7) is 1.59. The van der Waals surface area contributed by atoms with Crippen molar-refractivity contribution in [1.29, 1.82) is 0 Å². The minimum Gasteiger partial charge on any atom is -0.465 e. The van der Waals surface area contributed by atoms with E-state index < -0.39 is 5.97 Å². The van der Waals surface area contributed by atoms with Crippen LogP contribution in [-0.4, -0.2) is 34.8 Å². The maximum absolute atomic E-state index is 12.2. The quantitative estimate of drug-likeness (QED) is 0.503. The molecule has 24 heavy (non-hydrogen) atoms. The van der Waals surface area contributed by atoms with Gasteiger partial charge in [-0.05, 0) is 37.4 Å². The standard InChI is InChI=1S/C16H17N3O4S/c1-10-8-14(21)19(16(17-10)24-3)9-13(20)18-12-6-4-11(5-7-12)15(22)23-2/h4-8H,9H2,1-3H3,(H,18,20). The van der Waals surface area contributed by atoms with Crippen LogP contribution in [-0.2, 0) is 16.1 Å². The van der Waals surface area contributed by atoms with Gasteiger partial charge in [-0.25, -0.2) is 9.78 Å². The molecule has 0 aliphatic heterocycles. The van der Waals surface area contributed by atoms with Gasteiger partial charge in [0.05, 0.1) is 12.7 Å². The van der Waals surface area contributed by atoms with Crippen molar-refractivity contribution < 1.29 is 14.3 Å². The van der Waals surface area contributed by atoms with Crippen LogP contribution in [0.25, 0.3) is 0 Å². The molecule has 1 N–H and O–H groups in total. The Balaban J connectivity index is 2.11. The molecule has 0 radical (unpaired) electrons. The Morgan fingerprint density at radius 1 is 1.29 bits per heavy atom. The highest BCUT2D eigenvalue weighted by molar-refractivity contribution is 7.98. The number of aromatic nitrogens is 2. The number of carbonyl (C=O) groups excluding carboxylic acids is 2. The number of ether oxygens (including phenoxy) is 1. The summed E-state index contributed by atoms with van der Waals surface area (Å²) in [5, 5.41) is 3.16. The summed E-state index contributed by atoms with van der Waals surface area (Å²) in [5.41, 5.74) is 1.24. The molecule has 126 valence electrons. The number of methoxy groups -OCH3 is 1. The van der Waals surface area contributed by atoms with Crippen molar-refractivity contribution >= 4 is 29.3 Å². The molecule has 2 rings (SSSR count). The summed E-state index contributed by atoms with van der Waals surface area (Å²) in [4.78, 5) is 39.8. The summed E-state index contributed by atoms with van der Waals surface area (Å²) in [6.07, 6.45) is 1.79. The molecule has 1 heterocycles. The van der Waals surface area contributed by atoms with E-state index in [1.165, 1.54) is 29.5 Å². The molecule has 1 aromatic carbocycles. The summed E-state index contributed by atoms with van der Waals surface area (Å²) < 4.78 is 5.93. The average molecular weight is 347 g/mol. The highest BCUT2D eigenvalue weighted by Gasteiger charge is 2.11. The van der Waals surface area contributed by atoms with E-state index in [0.717, 1.165) is 0 Å². The molecule has 0 fully saturated rings. The number of carbonyl (C=O) groups is 2. The molecule has 0 saturated heterocycles. The van der Waals surface area contributed by atoms with Gasteiger partial charge in [-0.15, -0.1) is 0 Å². The second kappa shape index (κ2) is 7.78. The Labute approximate surface area is 143 Å². The third kappa shape index (κ3) is 4.23. The first kappa shape index (κ1) is 17.7. The lowest BCUT2D eigenvalue weighted by Crippen LogP contribution is -2.29. The van der Waals surface area contributed by atoms with Crippen molar-refractivity contribution in [2.75, 3.05) is 18.7 Å². The number of aryl methyl sites for hydroxylation is 1. The molecule has 0 saturated carbocycles. The van der Waals surface area contributed by atoms with Gasteiger partial charge in [0.1, 0.15) is 6.54 Å². The fourth-order valence-electron chi connectivity index (χ4n) is 2.05. The number of nitrogens with zero attached hydrogens (tertiary/aromatic N) is 2. The second-order valence-electron chi connectivity index (χ2n) is 4.93. The fourth-order valence-corrected chi connectivity index (χ4v) is 2.66. The number of hydrogen-bond donors (Lipinski definition) is 1.